The highest BCUT2D eigenvalue weighted by atomic mass is 35.5. The zero-order chi connectivity index (χ0) is 13.6. The molecule has 0 aliphatic rings. The Morgan fingerprint density at radius 3 is 2.61 bits per heavy atom. The lowest BCUT2D eigenvalue weighted by molar-refractivity contribution is -0.149. The average Bonchev–Trinajstić information content (AvgIpc) is 2.32. The minimum Gasteiger partial charge on any atom is -0.465 e. The third kappa shape index (κ3) is 4.88. The van der Waals surface area contributed by atoms with Gasteiger partial charge in [-0.05, 0) is 44.5 Å². The number of benzene rings is 1. The van der Waals surface area contributed by atoms with Crippen molar-refractivity contribution in [1.82, 2.24) is 0 Å². The lowest BCUT2D eigenvalue weighted by Gasteiger charge is -2.21. The Labute approximate surface area is 117 Å². The number of rotatable bonds is 6. The second-order valence-corrected chi connectivity index (χ2v) is 5.80. The smallest absolute Gasteiger partial charge is 0.325 e. The quantitative estimate of drug-likeness (QED) is 0.645. The molecule has 100 valence electrons. The summed E-state index contributed by atoms with van der Waals surface area (Å²) in [6.07, 6.45) is 0.569. The largest absolute Gasteiger partial charge is 0.465 e. The summed E-state index contributed by atoms with van der Waals surface area (Å²) >= 11 is 7.45. The molecular weight excluding hydrogens is 270 g/mol. The van der Waals surface area contributed by atoms with Gasteiger partial charge in [-0.1, -0.05) is 11.6 Å². The first-order valence-corrected chi connectivity index (χ1v) is 7.16. The molecule has 0 fully saturated rings. The second-order valence-electron chi connectivity index (χ2n) is 4.19. The van der Waals surface area contributed by atoms with Gasteiger partial charge in [-0.25, -0.2) is 0 Å². The van der Waals surface area contributed by atoms with Crippen molar-refractivity contribution < 1.29 is 9.53 Å². The molecule has 0 aliphatic heterocycles. The van der Waals surface area contributed by atoms with Gasteiger partial charge in [-0.2, -0.15) is 0 Å². The van der Waals surface area contributed by atoms with E-state index in [4.69, 9.17) is 22.1 Å². The maximum atomic E-state index is 11.6. The SMILES string of the molecule is CCOC(=O)C(C)(N)CCSc1ccc(Cl)cc1. The van der Waals surface area contributed by atoms with Crippen molar-refractivity contribution in [3.63, 3.8) is 0 Å². The Kier molecular flexibility index (Phi) is 5.99. The first kappa shape index (κ1) is 15.3. The molecule has 18 heavy (non-hydrogen) atoms. The van der Waals surface area contributed by atoms with Crippen LogP contribution in [0, 0.1) is 0 Å². The predicted octanol–water partition coefficient (Wildman–Crippen LogP) is 3.10. The number of hydrogen-bond acceptors (Lipinski definition) is 4. The van der Waals surface area contributed by atoms with E-state index in [1.54, 1.807) is 25.6 Å². The summed E-state index contributed by atoms with van der Waals surface area (Å²) in [6.45, 7) is 3.83. The minimum atomic E-state index is -0.921. The van der Waals surface area contributed by atoms with Crippen LogP contribution in [0.2, 0.25) is 5.02 Å². The standard InChI is InChI=1S/C13H18ClNO2S/c1-3-17-12(16)13(2,15)8-9-18-11-6-4-10(14)5-7-11/h4-7H,3,8-9,15H2,1-2H3. The lowest BCUT2D eigenvalue weighted by Crippen LogP contribution is -2.46. The molecule has 0 heterocycles. The van der Waals surface area contributed by atoms with Crippen LogP contribution >= 0.6 is 23.4 Å². The predicted molar refractivity (Wildman–Crippen MR) is 76.0 cm³/mol. The van der Waals surface area contributed by atoms with E-state index in [-0.39, 0.29) is 5.97 Å². The van der Waals surface area contributed by atoms with Crippen LogP contribution in [-0.4, -0.2) is 23.9 Å². The highest BCUT2D eigenvalue weighted by molar-refractivity contribution is 7.99. The molecule has 5 heteroatoms. The summed E-state index contributed by atoms with van der Waals surface area (Å²) in [5, 5.41) is 0.717. The Morgan fingerprint density at radius 2 is 2.06 bits per heavy atom. The summed E-state index contributed by atoms with van der Waals surface area (Å²) < 4.78 is 4.93. The van der Waals surface area contributed by atoms with Crippen LogP contribution < -0.4 is 5.73 Å². The van der Waals surface area contributed by atoms with Gasteiger partial charge in [0.2, 0.25) is 0 Å². The third-order valence-electron chi connectivity index (χ3n) is 2.45. The topological polar surface area (TPSA) is 52.3 Å². The van der Waals surface area contributed by atoms with Crippen LogP contribution in [0.15, 0.2) is 29.2 Å². The maximum absolute atomic E-state index is 11.6. The average molecular weight is 288 g/mol. The van der Waals surface area contributed by atoms with Crippen molar-refractivity contribution in [2.75, 3.05) is 12.4 Å². The monoisotopic (exact) mass is 287 g/mol. The second kappa shape index (κ2) is 7.02. The van der Waals surface area contributed by atoms with Crippen molar-refractivity contribution in [3.05, 3.63) is 29.3 Å². The minimum absolute atomic E-state index is 0.346. The van der Waals surface area contributed by atoms with E-state index in [0.29, 0.717) is 13.0 Å². The summed E-state index contributed by atoms with van der Waals surface area (Å²) in [5.41, 5.74) is 5.00. The first-order chi connectivity index (χ1) is 8.45. The molecule has 2 N–H and O–H groups in total. The molecule has 0 saturated heterocycles. The van der Waals surface area contributed by atoms with Gasteiger partial charge in [0.15, 0.2) is 0 Å². The van der Waals surface area contributed by atoms with Crippen molar-refractivity contribution in [2.24, 2.45) is 5.73 Å². The third-order valence-corrected chi connectivity index (χ3v) is 3.71. The van der Waals surface area contributed by atoms with E-state index in [9.17, 15) is 4.79 Å². The molecule has 1 unspecified atom stereocenters. The highest BCUT2D eigenvalue weighted by Gasteiger charge is 2.29. The molecule has 0 aliphatic carbocycles. The van der Waals surface area contributed by atoms with Crippen LogP contribution in [0.4, 0.5) is 0 Å². The maximum Gasteiger partial charge on any atom is 0.325 e. The first-order valence-electron chi connectivity index (χ1n) is 5.80. The Balaban J connectivity index is 2.41. The Bertz CT molecular complexity index is 392. The van der Waals surface area contributed by atoms with Gasteiger partial charge in [-0.15, -0.1) is 11.8 Å². The van der Waals surface area contributed by atoms with E-state index in [2.05, 4.69) is 0 Å². The molecule has 0 radical (unpaired) electrons. The number of halogens is 1. The summed E-state index contributed by atoms with van der Waals surface area (Å²) in [7, 11) is 0. The summed E-state index contributed by atoms with van der Waals surface area (Å²) in [6, 6.07) is 7.59. The van der Waals surface area contributed by atoms with Crippen LogP contribution in [0.3, 0.4) is 0 Å². The fourth-order valence-electron chi connectivity index (χ4n) is 1.31. The molecule has 0 spiro atoms. The molecule has 0 aromatic heterocycles. The molecule has 0 bridgehead atoms. The van der Waals surface area contributed by atoms with Gasteiger partial charge in [0.05, 0.1) is 6.61 Å². The molecule has 0 amide bonds. The Morgan fingerprint density at radius 1 is 1.44 bits per heavy atom. The fourth-order valence-corrected chi connectivity index (χ4v) is 2.53. The molecule has 1 aromatic carbocycles. The number of ether oxygens (including phenoxy) is 1. The number of carbonyl (C=O) groups excluding carboxylic acids is 1. The lowest BCUT2D eigenvalue weighted by atomic mass is 10.0. The van der Waals surface area contributed by atoms with E-state index in [1.165, 1.54) is 0 Å². The molecular formula is C13H18ClNO2S. The summed E-state index contributed by atoms with van der Waals surface area (Å²) in [5.74, 6) is 0.412. The zero-order valence-electron chi connectivity index (χ0n) is 10.6. The van der Waals surface area contributed by atoms with Crippen LogP contribution in [0.1, 0.15) is 20.3 Å². The van der Waals surface area contributed by atoms with Crippen molar-refractivity contribution in [1.29, 1.82) is 0 Å². The van der Waals surface area contributed by atoms with Gasteiger partial charge in [0, 0.05) is 15.7 Å². The number of esters is 1. The normalized spacial score (nSPS) is 14.0. The number of hydrogen-bond donors (Lipinski definition) is 1. The van der Waals surface area contributed by atoms with E-state index >= 15 is 0 Å². The molecule has 1 atom stereocenters. The van der Waals surface area contributed by atoms with Crippen molar-refractivity contribution in [2.45, 2.75) is 30.7 Å². The van der Waals surface area contributed by atoms with Gasteiger partial charge >= 0.3 is 5.97 Å². The molecule has 3 nitrogen and oxygen atoms in total. The van der Waals surface area contributed by atoms with Gasteiger partial charge in [0.1, 0.15) is 5.54 Å². The van der Waals surface area contributed by atoms with Crippen molar-refractivity contribution >= 4 is 29.3 Å². The highest BCUT2D eigenvalue weighted by Crippen LogP contribution is 2.23. The number of thioether (sulfide) groups is 1. The number of carbonyl (C=O) groups is 1. The fraction of sp³-hybridized carbons (Fsp3) is 0.462. The van der Waals surface area contributed by atoms with E-state index in [1.807, 2.05) is 24.3 Å². The van der Waals surface area contributed by atoms with E-state index in [0.717, 1.165) is 15.7 Å². The molecule has 0 saturated carbocycles. The van der Waals surface area contributed by atoms with Gasteiger partial charge in [0.25, 0.3) is 0 Å². The van der Waals surface area contributed by atoms with Gasteiger partial charge < -0.3 is 10.5 Å². The van der Waals surface area contributed by atoms with Crippen molar-refractivity contribution in [3.8, 4) is 0 Å². The van der Waals surface area contributed by atoms with Crippen LogP contribution in [-0.2, 0) is 9.53 Å². The summed E-state index contributed by atoms with van der Waals surface area (Å²) in [4.78, 5) is 12.7. The van der Waals surface area contributed by atoms with Crippen LogP contribution in [0.25, 0.3) is 0 Å². The Hall–Kier alpha value is -0.710. The zero-order valence-corrected chi connectivity index (χ0v) is 12.2. The molecule has 1 aromatic rings. The number of nitrogens with two attached hydrogens (primary N) is 1. The van der Waals surface area contributed by atoms with Crippen LogP contribution in [0.5, 0.6) is 0 Å². The van der Waals surface area contributed by atoms with Gasteiger partial charge in [-0.3, -0.25) is 4.79 Å². The molecule has 1 rings (SSSR count). The van der Waals surface area contributed by atoms with E-state index < -0.39 is 5.54 Å².